The molecule has 1 heterocycles. The molecule has 2 rings (SSSR count). The van der Waals surface area contributed by atoms with Crippen LogP contribution in [0.25, 0.3) is 0 Å². The van der Waals surface area contributed by atoms with Gasteiger partial charge in [0.25, 0.3) is 0 Å². The summed E-state index contributed by atoms with van der Waals surface area (Å²) in [6.45, 7) is 2.06. The van der Waals surface area contributed by atoms with Gasteiger partial charge in [-0.05, 0) is 61.7 Å². The number of halogens is 2. The number of benzene rings is 1. The standard InChI is InChI=1S/C16H22ClNO2S.ClH/c1-20-15(19)4-2-3-11-21-16-13-8-10-18-9-7-12(13)5-6-14(16)17;/h5-6,18H,2-4,7-11H2,1H3;1H. The first-order valence-corrected chi connectivity index (χ1v) is 8.79. The van der Waals surface area contributed by atoms with Crippen molar-refractivity contribution in [1.82, 2.24) is 5.32 Å². The lowest BCUT2D eigenvalue weighted by Crippen LogP contribution is -2.16. The monoisotopic (exact) mass is 363 g/mol. The molecule has 0 saturated heterocycles. The minimum absolute atomic E-state index is 0. The normalized spacial score (nSPS) is 13.7. The molecule has 0 bridgehead atoms. The Labute approximate surface area is 147 Å². The summed E-state index contributed by atoms with van der Waals surface area (Å²) in [6, 6.07) is 4.18. The zero-order valence-corrected chi connectivity index (χ0v) is 15.2. The average Bonchev–Trinajstić information content (AvgIpc) is 2.74. The van der Waals surface area contributed by atoms with Crippen molar-refractivity contribution >= 4 is 41.7 Å². The molecule has 0 aliphatic carbocycles. The van der Waals surface area contributed by atoms with E-state index in [-0.39, 0.29) is 18.4 Å². The highest BCUT2D eigenvalue weighted by atomic mass is 35.5. The molecule has 0 saturated carbocycles. The fraction of sp³-hybridized carbons (Fsp3) is 0.562. The molecule has 0 fully saturated rings. The largest absolute Gasteiger partial charge is 0.469 e. The molecule has 1 aromatic carbocycles. The summed E-state index contributed by atoms with van der Waals surface area (Å²) in [7, 11) is 1.43. The minimum Gasteiger partial charge on any atom is -0.469 e. The smallest absolute Gasteiger partial charge is 0.305 e. The van der Waals surface area contributed by atoms with Gasteiger partial charge in [-0.3, -0.25) is 4.79 Å². The third-order valence-corrected chi connectivity index (χ3v) is 5.36. The Morgan fingerprint density at radius 1 is 1.32 bits per heavy atom. The van der Waals surface area contributed by atoms with Crippen LogP contribution in [0.2, 0.25) is 5.02 Å². The molecule has 1 N–H and O–H groups in total. The quantitative estimate of drug-likeness (QED) is 0.472. The van der Waals surface area contributed by atoms with Gasteiger partial charge in [-0.2, -0.15) is 0 Å². The fourth-order valence-corrected chi connectivity index (χ4v) is 4.02. The second-order valence-electron chi connectivity index (χ2n) is 5.15. The Hall–Kier alpha value is -0.420. The van der Waals surface area contributed by atoms with Crippen molar-refractivity contribution in [2.75, 3.05) is 26.0 Å². The number of thioether (sulfide) groups is 1. The number of unbranched alkanes of at least 4 members (excludes halogenated alkanes) is 1. The van der Waals surface area contributed by atoms with Gasteiger partial charge in [-0.15, -0.1) is 24.2 Å². The Morgan fingerprint density at radius 2 is 2.09 bits per heavy atom. The summed E-state index contributed by atoms with van der Waals surface area (Å²) in [4.78, 5) is 12.3. The van der Waals surface area contributed by atoms with Gasteiger partial charge in [-0.1, -0.05) is 17.7 Å². The van der Waals surface area contributed by atoms with Crippen LogP contribution in [0.15, 0.2) is 17.0 Å². The van der Waals surface area contributed by atoms with Gasteiger partial charge in [-0.25, -0.2) is 0 Å². The topological polar surface area (TPSA) is 38.3 Å². The zero-order valence-electron chi connectivity index (χ0n) is 12.8. The molecule has 0 amide bonds. The van der Waals surface area contributed by atoms with E-state index >= 15 is 0 Å². The number of esters is 1. The van der Waals surface area contributed by atoms with Gasteiger partial charge in [0.1, 0.15) is 0 Å². The lowest BCUT2D eigenvalue weighted by Gasteiger charge is -2.13. The second kappa shape index (κ2) is 10.4. The first-order valence-electron chi connectivity index (χ1n) is 7.43. The predicted molar refractivity (Wildman–Crippen MR) is 95.6 cm³/mol. The molecule has 0 atom stereocenters. The Balaban J connectivity index is 0.00000242. The summed E-state index contributed by atoms with van der Waals surface area (Å²) in [6.07, 6.45) is 4.48. The van der Waals surface area contributed by atoms with Crippen LogP contribution in [0, 0.1) is 0 Å². The van der Waals surface area contributed by atoms with E-state index in [1.54, 1.807) is 0 Å². The Morgan fingerprint density at radius 3 is 2.86 bits per heavy atom. The zero-order chi connectivity index (χ0) is 15.1. The number of fused-ring (bicyclic) bond motifs is 1. The van der Waals surface area contributed by atoms with Gasteiger partial charge in [0, 0.05) is 11.3 Å². The van der Waals surface area contributed by atoms with E-state index in [1.807, 2.05) is 17.8 Å². The number of hydrogen-bond acceptors (Lipinski definition) is 4. The van der Waals surface area contributed by atoms with Crippen molar-refractivity contribution in [1.29, 1.82) is 0 Å². The summed E-state index contributed by atoms with van der Waals surface area (Å²) < 4.78 is 4.65. The lowest BCUT2D eigenvalue weighted by atomic mass is 10.0. The maximum absolute atomic E-state index is 11.1. The van der Waals surface area contributed by atoms with Crippen molar-refractivity contribution in [3.05, 3.63) is 28.3 Å². The van der Waals surface area contributed by atoms with Crippen molar-refractivity contribution in [2.24, 2.45) is 0 Å². The highest BCUT2D eigenvalue weighted by Gasteiger charge is 2.15. The van der Waals surface area contributed by atoms with Crippen LogP contribution >= 0.6 is 35.8 Å². The number of hydrogen-bond donors (Lipinski definition) is 1. The van der Waals surface area contributed by atoms with Crippen molar-refractivity contribution in [3.8, 4) is 0 Å². The van der Waals surface area contributed by atoms with Crippen LogP contribution < -0.4 is 5.32 Å². The number of carbonyl (C=O) groups excluding carboxylic acids is 1. The van der Waals surface area contributed by atoms with Gasteiger partial charge < -0.3 is 10.1 Å². The second-order valence-corrected chi connectivity index (χ2v) is 6.66. The fourth-order valence-electron chi connectivity index (χ4n) is 2.51. The van der Waals surface area contributed by atoms with Gasteiger partial charge >= 0.3 is 5.97 Å². The van der Waals surface area contributed by atoms with Crippen LogP contribution in [-0.4, -0.2) is 31.9 Å². The third-order valence-electron chi connectivity index (χ3n) is 3.68. The highest BCUT2D eigenvalue weighted by Crippen LogP contribution is 2.34. The number of ether oxygens (including phenoxy) is 1. The molecule has 0 aromatic heterocycles. The van der Waals surface area contributed by atoms with E-state index in [9.17, 15) is 4.79 Å². The van der Waals surface area contributed by atoms with E-state index < -0.39 is 0 Å². The molecule has 124 valence electrons. The molecule has 1 aliphatic heterocycles. The average molecular weight is 364 g/mol. The summed E-state index contributed by atoms with van der Waals surface area (Å²) >= 11 is 8.20. The molecule has 6 heteroatoms. The Bertz CT molecular complexity index is 497. The SMILES string of the molecule is COC(=O)CCCCSc1c(Cl)ccc2c1CCNCC2.Cl. The molecule has 0 radical (unpaired) electrons. The van der Waals surface area contributed by atoms with Crippen molar-refractivity contribution in [2.45, 2.75) is 37.0 Å². The predicted octanol–water partition coefficient (Wildman–Crippen LogP) is 3.89. The molecular weight excluding hydrogens is 341 g/mol. The molecular formula is C16H23Cl2NO2S. The number of rotatable bonds is 6. The van der Waals surface area contributed by atoms with Gasteiger partial charge in [0.15, 0.2) is 0 Å². The first kappa shape index (κ1) is 19.6. The van der Waals surface area contributed by atoms with Crippen LogP contribution in [0.4, 0.5) is 0 Å². The lowest BCUT2D eigenvalue weighted by molar-refractivity contribution is -0.140. The molecule has 0 unspecified atom stereocenters. The van der Waals surface area contributed by atoms with E-state index in [2.05, 4.69) is 16.1 Å². The van der Waals surface area contributed by atoms with Gasteiger partial charge in [0.05, 0.1) is 12.1 Å². The summed E-state index contributed by atoms with van der Waals surface area (Å²) in [5.74, 6) is 0.860. The van der Waals surface area contributed by atoms with E-state index in [0.717, 1.165) is 49.5 Å². The minimum atomic E-state index is -0.127. The van der Waals surface area contributed by atoms with Crippen molar-refractivity contribution in [3.63, 3.8) is 0 Å². The van der Waals surface area contributed by atoms with Gasteiger partial charge in [0.2, 0.25) is 0 Å². The Kier molecular flexibility index (Phi) is 9.25. The molecule has 1 aliphatic rings. The van der Waals surface area contributed by atoms with E-state index in [0.29, 0.717) is 6.42 Å². The van der Waals surface area contributed by atoms with Crippen LogP contribution in [0.5, 0.6) is 0 Å². The maximum atomic E-state index is 11.1. The van der Waals surface area contributed by atoms with E-state index in [1.165, 1.54) is 23.1 Å². The van der Waals surface area contributed by atoms with Crippen LogP contribution in [-0.2, 0) is 22.4 Å². The molecule has 3 nitrogen and oxygen atoms in total. The first-order chi connectivity index (χ1) is 10.2. The summed E-state index contributed by atoms with van der Waals surface area (Å²) in [5, 5.41) is 4.29. The van der Waals surface area contributed by atoms with Crippen LogP contribution in [0.1, 0.15) is 30.4 Å². The number of carbonyl (C=O) groups is 1. The summed E-state index contributed by atoms with van der Waals surface area (Å²) in [5.41, 5.74) is 2.83. The highest BCUT2D eigenvalue weighted by molar-refractivity contribution is 7.99. The van der Waals surface area contributed by atoms with Crippen LogP contribution in [0.3, 0.4) is 0 Å². The van der Waals surface area contributed by atoms with Crippen molar-refractivity contribution < 1.29 is 9.53 Å². The maximum Gasteiger partial charge on any atom is 0.305 e. The third kappa shape index (κ3) is 5.65. The number of nitrogens with one attached hydrogen (secondary N) is 1. The van der Waals surface area contributed by atoms with E-state index in [4.69, 9.17) is 11.6 Å². The molecule has 1 aromatic rings. The molecule has 22 heavy (non-hydrogen) atoms. The molecule has 0 spiro atoms. The number of methoxy groups -OCH3 is 1.